The molecule has 0 radical (unpaired) electrons. The first-order valence-corrected chi connectivity index (χ1v) is 4.51. The zero-order valence-electron chi connectivity index (χ0n) is 8.01. The van der Waals surface area contributed by atoms with Crippen molar-refractivity contribution in [2.75, 3.05) is 0 Å². The molecule has 5 heteroatoms. The molecular weight excluding hydrogens is 182 g/mol. The molecule has 0 amide bonds. The van der Waals surface area contributed by atoms with E-state index in [1.54, 1.807) is 6.07 Å². The Morgan fingerprint density at radius 1 is 1.64 bits per heavy atom. The van der Waals surface area contributed by atoms with Crippen molar-refractivity contribution in [2.45, 2.75) is 25.8 Å². The summed E-state index contributed by atoms with van der Waals surface area (Å²) in [5.41, 5.74) is 6.67. The van der Waals surface area contributed by atoms with Crippen LogP contribution in [0.1, 0.15) is 31.4 Å². The van der Waals surface area contributed by atoms with Gasteiger partial charge in [0.05, 0.1) is 0 Å². The Labute approximate surface area is 82.1 Å². The Kier molecular flexibility index (Phi) is 3.53. The molecule has 1 rings (SSSR count). The van der Waals surface area contributed by atoms with Crippen LogP contribution in [0.4, 0.5) is 5.82 Å². The van der Waals surface area contributed by atoms with E-state index in [1.807, 2.05) is 6.92 Å². The maximum Gasteiger partial charge on any atom is 0.363 e. The second kappa shape index (κ2) is 4.66. The maximum absolute atomic E-state index is 10.3. The first kappa shape index (κ1) is 10.6. The molecule has 5 nitrogen and oxygen atoms in total. The third-order valence-electron chi connectivity index (χ3n) is 1.99. The maximum atomic E-state index is 10.3. The summed E-state index contributed by atoms with van der Waals surface area (Å²) in [5.74, 6) is -0.141. The van der Waals surface area contributed by atoms with Gasteiger partial charge < -0.3 is 15.8 Å². The lowest BCUT2D eigenvalue weighted by atomic mass is 10.1. The van der Waals surface area contributed by atoms with Gasteiger partial charge in [-0.1, -0.05) is 13.3 Å². The quantitative estimate of drug-likeness (QED) is 0.586. The van der Waals surface area contributed by atoms with Crippen molar-refractivity contribution in [1.29, 1.82) is 0 Å². The summed E-state index contributed by atoms with van der Waals surface area (Å²) in [6, 6.07) is 2.96. The van der Waals surface area contributed by atoms with E-state index in [1.165, 1.54) is 12.3 Å². The van der Waals surface area contributed by atoms with E-state index in [-0.39, 0.29) is 11.9 Å². The van der Waals surface area contributed by atoms with Gasteiger partial charge in [-0.15, -0.1) is 0 Å². The topological polar surface area (TPSA) is 82.0 Å². The minimum atomic E-state index is -0.519. The Morgan fingerprint density at radius 3 is 2.79 bits per heavy atom. The zero-order chi connectivity index (χ0) is 10.6. The SMILES string of the molecule is CCCC(N)c1ccc([N+](=O)[O-])nc1. The van der Waals surface area contributed by atoms with E-state index in [0.29, 0.717) is 0 Å². The number of nitro groups is 1. The lowest BCUT2D eigenvalue weighted by Gasteiger charge is -2.07. The van der Waals surface area contributed by atoms with Crippen molar-refractivity contribution < 1.29 is 4.92 Å². The van der Waals surface area contributed by atoms with Crippen molar-refractivity contribution in [3.05, 3.63) is 34.0 Å². The molecule has 0 aliphatic rings. The summed E-state index contributed by atoms with van der Waals surface area (Å²) in [6.07, 6.45) is 3.32. The summed E-state index contributed by atoms with van der Waals surface area (Å²) in [6.45, 7) is 2.04. The number of hydrogen-bond acceptors (Lipinski definition) is 4. The fourth-order valence-corrected chi connectivity index (χ4v) is 1.20. The number of aromatic nitrogens is 1. The number of pyridine rings is 1. The molecule has 0 fully saturated rings. The highest BCUT2D eigenvalue weighted by Gasteiger charge is 2.10. The average Bonchev–Trinajstić information content (AvgIpc) is 2.18. The van der Waals surface area contributed by atoms with Crippen LogP contribution in [-0.4, -0.2) is 9.91 Å². The number of nitrogens with two attached hydrogens (primary N) is 1. The van der Waals surface area contributed by atoms with Gasteiger partial charge in [0.2, 0.25) is 0 Å². The lowest BCUT2D eigenvalue weighted by molar-refractivity contribution is -0.389. The van der Waals surface area contributed by atoms with Crippen LogP contribution >= 0.6 is 0 Å². The summed E-state index contributed by atoms with van der Waals surface area (Å²) in [4.78, 5) is 13.5. The second-order valence-corrected chi connectivity index (χ2v) is 3.10. The van der Waals surface area contributed by atoms with E-state index in [2.05, 4.69) is 4.98 Å². The number of rotatable bonds is 4. The van der Waals surface area contributed by atoms with Gasteiger partial charge in [-0.3, -0.25) is 0 Å². The largest absolute Gasteiger partial charge is 0.363 e. The van der Waals surface area contributed by atoms with Gasteiger partial charge in [-0.05, 0) is 22.4 Å². The molecule has 76 valence electrons. The molecular formula is C9H13N3O2. The van der Waals surface area contributed by atoms with E-state index in [4.69, 9.17) is 5.73 Å². The Bertz CT molecular complexity index is 310. The van der Waals surface area contributed by atoms with Gasteiger partial charge >= 0.3 is 5.82 Å². The third kappa shape index (κ3) is 2.50. The third-order valence-corrected chi connectivity index (χ3v) is 1.99. The summed E-state index contributed by atoms with van der Waals surface area (Å²) in [5, 5.41) is 10.3. The van der Waals surface area contributed by atoms with E-state index in [9.17, 15) is 10.1 Å². The predicted octanol–water partition coefficient (Wildman–Crippen LogP) is 1.79. The predicted molar refractivity (Wildman–Crippen MR) is 52.7 cm³/mol. The van der Waals surface area contributed by atoms with Crippen LogP contribution in [0.25, 0.3) is 0 Å². The van der Waals surface area contributed by atoms with Gasteiger partial charge in [-0.2, -0.15) is 0 Å². The van der Waals surface area contributed by atoms with Crippen molar-refractivity contribution in [3.8, 4) is 0 Å². The van der Waals surface area contributed by atoms with E-state index >= 15 is 0 Å². The minimum absolute atomic E-state index is 0.0756. The monoisotopic (exact) mass is 195 g/mol. The summed E-state index contributed by atoms with van der Waals surface area (Å²) < 4.78 is 0. The Balaban J connectivity index is 2.77. The normalized spacial score (nSPS) is 12.4. The standard InChI is InChI=1S/C9H13N3O2/c1-2-3-8(10)7-4-5-9(11-6-7)12(13)14/h4-6,8H,2-3,10H2,1H3. The smallest absolute Gasteiger partial charge is 0.358 e. The molecule has 0 bridgehead atoms. The van der Waals surface area contributed by atoms with Gasteiger partial charge in [0.25, 0.3) is 0 Å². The second-order valence-electron chi connectivity index (χ2n) is 3.10. The average molecular weight is 195 g/mol. The first-order chi connectivity index (χ1) is 6.65. The van der Waals surface area contributed by atoms with Crippen molar-refractivity contribution >= 4 is 5.82 Å². The van der Waals surface area contributed by atoms with E-state index < -0.39 is 4.92 Å². The molecule has 1 aromatic heterocycles. The van der Waals surface area contributed by atoms with E-state index in [0.717, 1.165) is 18.4 Å². The molecule has 1 unspecified atom stereocenters. The van der Waals surface area contributed by atoms with Gasteiger partial charge in [0, 0.05) is 17.7 Å². The van der Waals surface area contributed by atoms with Crippen molar-refractivity contribution in [3.63, 3.8) is 0 Å². The molecule has 0 aromatic carbocycles. The number of hydrogen-bond donors (Lipinski definition) is 1. The van der Waals surface area contributed by atoms with Crippen molar-refractivity contribution in [1.82, 2.24) is 4.98 Å². The van der Waals surface area contributed by atoms with Crippen LogP contribution in [0.5, 0.6) is 0 Å². The molecule has 0 saturated heterocycles. The number of nitrogens with zero attached hydrogens (tertiary/aromatic N) is 2. The van der Waals surface area contributed by atoms with Gasteiger partial charge in [0.15, 0.2) is 0 Å². The highest BCUT2D eigenvalue weighted by atomic mass is 16.6. The van der Waals surface area contributed by atoms with Crippen LogP contribution in [-0.2, 0) is 0 Å². The molecule has 14 heavy (non-hydrogen) atoms. The minimum Gasteiger partial charge on any atom is -0.358 e. The fourth-order valence-electron chi connectivity index (χ4n) is 1.20. The first-order valence-electron chi connectivity index (χ1n) is 4.51. The molecule has 2 N–H and O–H groups in total. The molecule has 0 spiro atoms. The molecule has 0 saturated carbocycles. The summed E-state index contributed by atoms with van der Waals surface area (Å²) in [7, 11) is 0. The Morgan fingerprint density at radius 2 is 2.36 bits per heavy atom. The molecule has 1 aromatic rings. The molecule has 1 atom stereocenters. The lowest BCUT2D eigenvalue weighted by Crippen LogP contribution is -2.10. The van der Waals surface area contributed by atoms with Crippen LogP contribution in [0.15, 0.2) is 18.3 Å². The zero-order valence-corrected chi connectivity index (χ0v) is 8.01. The fraction of sp³-hybridized carbons (Fsp3) is 0.444. The highest BCUT2D eigenvalue weighted by Crippen LogP contribution is 2.16. The molecule has 0 aliphatic carbocycles. The van der Waals surface area contributed by atoms with Gasteiger partial charge in [-0.25, -0.2) is 0 Å². The summed E-state index contributed by atoms with van der Waals surface area (Å²) >= 11 is 0. The Hall–Kier alpha value is -1.49. The molecule has 0 aliphatic heterocycles. The van der Waals surface area contributed by atoms with Crippen molar-refractivity contribution in [2.24, 2.45) is 5.73 Å². The van der Waals surface area contributed by atoms with Crippen LogP contribution in [0.2, 0.25) is 0 Å². The highest BCUT2D eigenvalue weighted by molar-refractivity contribution is 5.24. The van der Waals surface area contributed by atoms with Crippen LogP contribution < -0.4 is 5.73 Å². The van der Waals surface area contributed by atoms with Crippen LogP contribution in [0, 0.1) is 10.1 Å². The van der Waals surface area contributed by atoms with Gasteiger partial charge in [0.1, 0.15) is 6.20 Å². The molecule has 1 heterocycles. The van der Waals surface area contributed by atoms with Crippen LogP contribution in [0.3, 0.4) is 0 Å².